The number of allylic oxidation sites excluding steroid dienone is 1. The van der Waals surface area contributed by atoms with E-state index < -0.39 is 11.8 Å². The van der Waals surface area contributed by atoms with Gasteiger partial charge in [0.15, 0.2) is 0 Å². The third kappa shape index (κ3) is 4.05. The predicted molar refractivity (Wildman–Crippen MR) is 107 cm³/mol. The standard InChI is InChI=1S/C19H22N8O2/c1-13-9-16-25(2)19(29)14(6-8-27(16)23-13)10-21-18(28)17-22-12-26(24-17)11-15-5-3-4-7-20-15/h3-4,7,9-10,12,14-15H,5-6,8,11H2,1-2H3. The molecule has 10 nitrogen and oxygen atoms in total. The van der Waals surface area contributed by atoms with E-state index in [1.807, 2.05) is 25.1 Å². The van der Waals surface area contributed by atoms with Crippen LogP contribution in [0.1, 0.15) is 29.2 Å². The first-order valence-corrected chi connectivity index (χ1v) is 9.49. The van der Waals surface area contributed by atoms with E-state index in [-0.39, 0.29) is 17.8 Å². The van der Waals surface area contributed by atoms with Gasteiger partial charge < -0.3 is 0 Å². The van der Waals surface area contributed by atoms with E-state index in [0.717, 1.165) is 17.9 Å². The quantitative estimate of drug-likeness (QED) is 0.721. The fraction of sp³-hybridized carbons (Fsp3) is 0.421. The van der Waals surface area contributed by atoms with E-state index in [1.165, 1.54) is 12.5 Å². The molecule has 29 heavy (non-hydrogen) atoms. The Kier molecular flexibility index (Phi) is 5.15. The van der Waals surface area contributed by atoms with E-state index >= 15 is 0 Å². The van der Waals surface area contributed by atoms with Crippen molar-refractivity contribution in [3.8, 4) is 0 Å². The smallest absolute Gasteiger partial charge is 0.300 e. The third-order valence-electron chi connectivity index (χ3n) is 4.95. The van der Waals surface area contributed by atoms with E-state index in [0.29, 0.717) is 19.5 Å². The molecule has 0 fully saturated rings. The molecule has 150 valence electrons. The fourth-order valence-electron chi connectivity index (χ4n) is 3.41. The van der Waals surface area contributed by atoms with Crippen molar-refractivity contribution in [2.24, 2.45) is 15.9 Å². The molecule has 2 aliphatic rings. The summed E-state index contributed by atoms with van der Waals surface area (Å²) in [6, 6.07) is 1.95. The predicted octanol–water partition coefficient (Wildman–Crippen LogP) is 1.08. The van der Waals surface area contributed by atoms with Crippen molar-refractivity contribution in [2.45, 2.75) is 38.9 Å². The summed E-state index contributed by atoms with van der Waals surface area (Å²) in [7, 11) is 1.70. The Morgan fingerprint density at radius 3 is 3.03 bits per heavy atom. The Morgan fingerprint density at radius 2 is 2.24 bits per heavy atom. The highest BCUT2D eigenvalue weighted by atomic mass is 16.2. The van der Waals surface area contributed by atoms with Crippen LogP contribution in [0.4, 0.5) is 5.82 Å². The number of carbonyl (C=O) groups excluding carboxylic acids is 2. The second kappa shape index (κ2) is 7.90. The highest BCUT2D eigenvalue weighted by molar-refractivity contribution is 6.06. The van der Waals surface area contributed by atoms with Crippen molar-refractivity contribution in [1.29, 1.82) is 0 Å². The van der Waals surface area contributed by atoms with Crippen molar-refractivity contribution in [1.82, 2.24) is 24.5 Å². The van der Waals surface area contributed by atoms with Crippen molar-refractivity contribution in [2.75, 3.05) is 11.9 Å². The van der Waals surface area contributed by atoms with Crippen molar-refractivity contribution in [3.05, 3.63) is 36.1 Å². The van der Waals surface area contributed by atoms with Crippen LogP contribution in [0, 0.1) is 12.8 Å². The van der Waals surface area contributed by atoms with Crippen LogP contribution < -0.4 is 4.90 Å². The largest absolute Gasteiger partial charge is 0.316 e. The number of carbonyl (C=O) groups is 2. The minimum Gasteiger partial charge on any atom is -0.300 e. The summed E-state index contributed by atoms with van der Waals surface area (Å²) >= 11 is 0. The van der Waals surface area contributed by atoms with Crippen LogP contribution in [0.25, 0.3) is 0 Å². The van der Waals surface area contributed by atoms with Gasteiger partial charge in [-0.3, -0.25) is 19.5 Å². The molecule has 0 aromatic carbocycles. The monoisotopic (exact) mass is 394 g/mol. The number of amides is 2. The first kappa shape index (κ1) is 18.9. The van der Waals surface area contributed by atoms with Gasteiger partial charge in [0, 0.05) is 32.1 Å². The molecule has 0 spiro atoms. The van der Waals surface area contributed by atoms with Gasteiger partial charge in [0.25, 0.3) is 0 Å². The summed E-state index contributed by atoms with van der Waals surface area (Å²) in [5, 5.41) is 8.59. The lowest BCUT2D eigenvalue weighted by molar-refractivity contribution is -0.120. The Morgan fingerprint density at radius 1 is 1.38 bits per heavy atom. The van der Waals surface area contributed by atoms with E-state index in [4.69, 9.17) is 0 Å². The van der Waals surface area contributed by atoms with Gasteiger partial charge >= 0.3 is 5.91 Å². The number of aromatic nitrogens is 5. The van der Waals surface area contributed by atoms with Crippen LogP contribution in [-0.4, -0.2) is 61.9 Å². The molecule has 0 N–H and O–H groups in total. The van der Waals surface area contributed by atoms with Gasteiger partial charge in [0.1, 0.15) is 12.1 Å². The number of aliphatic imine (C=N–C) groups is 2. The highest BCUT2D eigenvalue weighted by Crippen LogP contribution is 2.23. The van der Waals surface area contributed by atoms with E-state index in [9.17, 15) is 9.59 Å². The van der Waals surface area contributed by atoms with Gasteiger partial charge in [0.2, 0.25) is 11.7 Å². The first-order valence-electron chi connectivity index (χ1n) is 9.49. The number of fused-ring (bicyclic) bond motifs is 1. The summed E-state index contributed by atoms with van der Waals surface area (Å²) in [4.78, 5) is 39.0. The molecule has 0 aliphatic carbocycles. The summed E-state index contributed by atoms with van der Waals surface area (Å²) in [6.07, 6.45) is 9.95. The Balaban J connectivity index is 1.40. The molecule has 0 bridgehead atoms. The van der Waals surface area contributed by atoms with E-state index in [1.54, 1.807) is 27.5 Å². The van der Waals surface area contributed by atoms with Gasteiger partial charge in [-0.1, -0.05) is 6.08 Å². The normalized spacial score (nSPS) is 21.6. The van der Waals surface area contributed by atoms with Crippen molar-refractivity contribution < 1.29 is 9.59 Å². The maximum absolute atomic E-state index is 12.7. The molecule has 4 heterocycles. The number of rotatable bonds is 4. The molecular weight excluding hydrogens is 372 g/mol. The van der Waals surface area contributed by atoms with Gasteiger partial charge in [-0.25, -0.2) is 19.3 Å². The molecule has 2 aromatic heterocycles. The summed E-state index contributed by atoms with van der Waals surface area (Å²) in [5.41, 5.74) is 0.860. The average Bonchev–Trinajstić information content (AvgIpc) is 3.31. The summed E-state index contributed by atoms with van der Waals surface area (Å²) < 4.78 is 3.39. The SMILES string of the molecule is Cc1cc2n(n1)CCC(C=NC(=O)c1ncn(CC3CC=CC=N3)n1)C(=O)N2C. The minimum atomic E-state index is -0.566. The molecule has 2 amide bonds. The minimum absolute atomic E-state index is 0.00885. The van der Waals surface area contributed by atoms with Crippen molar-refractivity contribution >= 4 is 30.1 Å². The molecule has 2 aliphatic heterocycles. The first-order chi connectivity index (χ1) is 14.0. The summed E-state index contributed by atoms with van der Waals surface area (Å²) in [6.45, 7) is 3.01. The summed E-state index contributed by atoms with van der Waals surface area (Å²) in [5.74, 6) is -0.438. The van der Waals surface area contributed by atoms with Crippen LogP contribution in [0.3, 0.4) is 0 Å². The lowest BCUT2D eigenvalue weighted by Crippen LogP contribution is -2.32. The van der Waals surface area contributed by atoms with Crippen LogP contribution in [-0.2, 0) is 17.9 Å². The third-order valence-corrected chi connectivity index (χ3v) is 4.95. The zero-order valence-corrected chi connectivity index (χ0v) is 16.3. The molecule has 0 saturated carbocycles. The van der Waals surface area contributed by atoms with Gasteiger partial charge in [-0.15, -0.1) is 5.10 Å². The lowest BCUT2D eigenvalue weighted by Gasteiger charge is -2.16. The van der Waals surface area contributed by atoms with Gasteiger partial charge in [-0.2, -0.15) is 5.10 Å². The van der Waals surface area contributed by atoms with Crippen molar-refractivity contribution in [3.63, 3.8) is 0 Å². The maximum Gasteiger partial charge on any atom is 0.316 e. The van der Waals surface area contributed by atoms with Crippen LogP contribution in [0.15, 0.2) is 34.5 Å². The van der Waals surface area contributed by atoms with Gasteiger partial charge in [-0.05, 0) is 25.8 Å². The van der Waals surface area contributed by atoms with Crippen LogP contribution in [0.2, 0.25) is 0 Å². The maximum atomic E-state index is 12.7. The fourth-order valence-corrected chi connectivity index (χ4v) is 3.41. The molecule has 10 heteroatoms. The van der Waals surface area contributed by atoms with Crippen LogP contribution in [0.5, 0.6) is 0 Å². The number of anilines is 1. The average molecular weight is 394 g/mol. The molecule has 2 atom stereocenters. The Labute approximate surface area is 167 Å². The Bertz CT molecular complexity index is 1020. The second-order valence-corrected chi connectivity index (χ2v) is 7.15. The van der Waals surface area contributed by atoms with Gasteiger partial charge in [0.05, 0.1) is 24.2 Å². The zero-order chi connectivity index (χ0) is 20.4. The topological polar surface area (TPSA) is 111 Å². The molecule has 2 unspecified atom stereocenters. The molecule has 0 radical (unpaired) electrons. The number of aryl methyl sites for hydroxylation is 2. The zero-order valence-electron chi connectivity index (χ0n) is 16.3. The van der Waals surface area contributed by atoms with Crippen LogP contribution >= 0.6 is 0 Å². The lowest BCUT2D eigenvalue weighted by atomic mass is 10.1. The number of hydrogen-bond acceptors (Lipinski definition) is 6. The number of dihydropyridines is 1. The molecule has 2 aromatic rings. The molecular formula is C19H22N8O2. The highest BCUT2D eigenvalue weighted by Gasteiger charge is 2.28. The second-order valence-electron chi connectivity index (χ2n) is 7.15. The van der Waals surface area contributed by atoms with E-state index in [2.05, 4.69) is 25.2 Å². The molecule has 4 rings (SSSR count). The Hall–Kier alpha value is -3.43. The number of hydrogen-bond donors (Lipinski definition) is 0. The number of nitrogens with zero attached hydrogens (tertiary/aromatic N) is 8. The molecule has 0 saturated heterocycles.